The summed E-state index contributed by atoms with van der Waals surface area (Å²) in [4.78, 5) is 0. The van der Waals surface area contributed by atoms with Gasteiger partial charge in [-0.2, -0.15) is 0 Å². The fourth-order valence-electron chi connectivity index (χ4n) is 3.84. The number of hydrogen-bond donors (Lipinski definition) is 1. The number of rotatable bonds is 20. The number of aliphatic hydroxyl groups is 1. The highest BCUT2D eigenvalue weighted by Gasteiger charge is 2.19. The first-order chi connectivity index (χ1) is 12.2. The maximum Gasteiger partial charge on any atom is 0.0785 e. The number of aliphatic hydroxyl groups excluding tert-OH is 1. The molecular weight excluding hydrogens is 386 g/mol. The highest BCUT2D eigenvalue weighted by atomic mass is 79.9. The largest absolute Gasteiger partial charge is 1.00 e. The van der Waals surface area contributed by atoms with Crippen LogP contribution in [-0.4, -0.2) is 42.9 Å². The van der Waals surface area contributed by atoms with Gasteiger partial charge in [0.15, 0.2) is 0 Å². The Labute approximate surface area is 176 Å². The third-order valence-corrected chi connectivity index (χ3v) is 5.71. The van der Waals surface area contributed by atoms with E-state index >= 15 is 0 Å². The van der Waals surface area contributed by atoms with Gasteiger partial charge in [-0.05, 0) is 38.5 Å². The number of quaternary nitrogens is 1. The van der Waals surface area contributed by atoms with Crippen LogP contribution in [0.2, 0.25) is 0 Å². The Morgan fingerprint density at radius 1 is 0.500 bits per heavy atom. The Bertz CT molecular complexity index is 243. The lowest BCUT2D eigenvalue weighted by atomic mass is 10.1. The van der Waals surface area contributed by atoms with Crippen molar-refractivity contribution in [3.05, 3.63) is 0 Å². The molecule has 0 aliphatic rings. The summed E-state index contributed by atoms with van der Waals surface area (Å²) < 4.78 is 1.24. The summed E-state index contributed by atoms with van der Waals surface area (Å²) in [6.45, 7) is 8.88. The topological polar surface area (TPSA) is 20.2 Å². The van der Waals surface area contributed by atoms with Crippen molar-refractivity contribution in [1.82, 2.24) is 0 Å². The zero-order valence-corrected chi connectivity index (χ0v) is 20.0. The average molecular weight is 437 g/mol. The van der Waals surface area contributed by atoms with E-state index in [9.17, 15) is 0 Å². The average Bonchev–Trinajstić information content (AvgIpc) is 2.60. The Hall–Kier alpha value is 0.400. The van der Waals surface area contributed by atoms with Crippen molar-refractivity contribution >= 4 is 0 Å². The van der Waals surface area contributed by atoms with Gasteiger partial charge in [-0.25, -0.2) is 0 Å². The van der Waals surface area contributed by atoms with Crippen molar-refractivity contribution in [1.29, 1.82) is 0 Å². The molecule has 2 nitrogen and oxygen atoms in total. The zero-order chi connectivity index (χ0) is 18.6. The van der Waals surface area contributed by atoms with Gasteiger partial charge in [0, 0.05) is 6.61 Å². The van der Waals surface area contributed by atoms with Gasteiger partial charge in [0.1, 0.15) is 0 Å². The van der Waals surface area contributed by atoms with E-state index in [1.54, 1.807) is 0 Å². The standard InChI is InChI=1S/C23H50NO.BrH/c1-4-6-8-10-12-14-16-20-24(3,22-18-19-23-25)21-17-15-13-11-9-7-5-2;/h25H,4-23H2,1-3H3;1H/q+1;/p-1. The van der Waals surface area contributed by atoms with Crippen molar-refractivity contribution < 1.29 is 26.6 Å². The molecule has 0 saturated carbocycles. The molecule has 0 rings (SSSR count). The Kier molecular flexibility index (Phi) is 23.9. The minimum atomic E-state index is 0. The minimum Gasteiger partial charge on any atom is -1.00 e. The molecule has 0 fully saturated rings. The monoisotopic (exact) mass is 435 g/mol. The predicted octanol–water partition coefficient (Wildman–Crippen LogP) is 3.71. The molecule has 0 aliphatic carbocycles. The normalized spacial score (nSPS) is 11.5. The molecule has 0 heterocycles. The lowest BCUT2D eigenvalue weighted by Gasteiger charge is -2.35. The molecule has 0 bridgehead atoms. The fourth-order valence-corrected chi connectivity index (χ4v) is 3.84. The van der Waals surface area contributed by atoms with Crippen LogP contribution in [0.3, 0.4) is 0 Å². The van der Waals surface area contributed by atoms with Crippen LogP contribution < -0.4 is 17.0 Å². The van der Waals surface area contributed by atoms with Crippen LogP contribution in [0, 0.1) is 0 Å². The first kappa shape index (κ1) is 28.6. The molecule has 0 atom stereocenters. The number of unbranched alkanes of at least 4 members (excludes halogenated alkanes) is 13. The summed E-state index contributed by atoms with van der Waals surface area (Å²) in [6.07, 6.45) is 21.8. The van der Waals surface area contributed by atoms with E-state index < -0.39 is 0 Å². The molecule has 0 radical (unpaired) electrons. The molecule has 0 unspecified atom stereocenters. The van der Waals surface area contributed by atoms with Gasteiger partial charge in [-0.1, -0.05) is 78.1 Å². The van der Waals surface area contributed by atoms with Gasteiger partial charge in [-0.15, -0.1) is 0 Å². The van der Waals surface area contributed by atoms with Gasteiger partial charge in [0.2, 0.25) is 0 Å². The molecule has 0 aromatic carbocycles. The number of halogens is 1. The minimum absolute atomic E-state index is 0. The van der Waals surface area contributed by atoms with E-state index in [2.05, 4.69) is 20.9 Å². The van der Waals surface area contributed by atoms with Gasteiger partial charge < -0.3 is 26.6 Å². The Balaban J connectivity index is 0. The van der Waals surface area contributed by atoms with Gasteiger partial charge >= 0.3 is 0 Å². The zero-order valence-electron chi connectivity index (χ0n) is 18.4. The molecule has 0 aromatic rings. The third-order valence-electron chi connectivity index (χ3n) is 5.71. The van der Waals surface area contributed by atoms with Gasteiger partial charge in [-0.3, -0.25) is 0 Å². The summed E-state index contributed by atoms with van der Waals surface area (Å²) in [5.74, 6) is 0. The Morgan fingerprint density at radius 2 is 0.808 bits per heavy atom. The molecule has 0 aromatic heterocycles. The van der Waals surface area contributed by atoms with Crippen molar-refractivity contribution in [2.24, 2.45) is 0 Å². The van der Waals surface area contributed by atoms with E-state index in [1.165, 1.54) is 120 Å². The second-order valence-electron chi connectivity index (χ2n) is 8.46. The lowest BCUT2D eigenvalue weighted by Crippen LogP contribution is -3.00. The molecule has 0 saturated heterocycles. The first-order valence-corrected chi connectivity index (χ1v) is 11.6. The van der Waals surface area contributed by atoms with Crippen molar-refractivity contribution in [3.63, 3.8) is 0 Å². The SMILES string of the molecule is CCCCCCCCC[N+](C)(CCCCO)CCCCCCCCC.[Br-]. The van der Waals surface area contributed by atoms with Gasteiger partial charge in [0.05, 0.1) is 26.7 Å². The maximum absolute atomic E-state index is 9.09. The molecule has 26 heavy (non-hydrogen) atoms. The molecule has 1 N–H and O–H groups in total. The van der Waals surface area contributed by atoms with Crippen LogP contribution in [0.5, 0.6) is 0 Å². The van der Waals surface area contributed by atoms with Crippen LogP contribution in [0.1, 0.15) is 117 Å². The summed E-state index contributed by atoms with van der Waals surface area (Å²) >= 11 is 0. The molecule has 0 spiro atoms. The fraction of sp³-hybridized carbons (Fsp3) is 1.00. The van der Waals surface area contributed by atoms with Gasteiger partial charge in [0.25, 0.3) is 0 Å². The molecule has 0 amide bonds. The summed E-state index contributed by atoms with van der Waals surface area (Å²) in [5.41, 5.74) is 0. The van der Waals surface area contributed by atoms with Crippen LogP contribution in [0.15, 0.2) is 0 Å². The van der Waals surface area contributed by atoms with Crippen LogP contribution in [-0.2, 0) is 0 Å². The number of hydrogen-bond acceptors (Lipinski definition) is 1. The quantitative estimate of drug-likeness (QED) is 0.228. The van der Waals surface area contributed by atoms with Crippen LogP contribution in [0.4, 0.5) is 0 Å². The van der Waals surface area contributed by atoms with Crippen LogP contribution >= 0.6 is 0 Å². The van der Waals surface area contributed by atoms with Crippen molar-refractivity contribution in [2.75, 3.05) is 33.3 Å². The van der Waals surface area contributed by atoms with Crippen LogP contribution in [0.25, 0.3) is 0 Å². The summed E-state index contributed by atoms with van der Waals surface area (Å²) in [6, 6.07) is 0. The Morgan fingerprint density at radius 3 is 1.15 bits per heavy atom. The van der Waals surface area contributed by atoms with E-state index in [4.69, 9.17) is 5.11 Å². The predicted molar refractivity (Wildman–Crippen MR) is 113 cm³/mol. The van der Waals surface area contributed by atoms with Crippen molar-refractivity contribution in [2.45, 2.75) is 117 Å². The molecule has 0 aliphatic heterocycles. The molecule has 3 heteroatoms. The van der Waals surface area contributed by atoms with E-state index in [1.807, 2.05) is 0 Å². The molecule has 160 valence electrons. The molecular formula is C23H50BrNO. The highest BCUT2D eigenvalue weighted by molar-refractivity contribution is 4.50. The maximum atomic E-state index is 9.09. The number of nitrogens with zero attached hydrogens (tertiary/aromatic N) is 1. The summed E-state index contributed by atoms with van der Waals surface area (Å²) in [5, 5.41) is 9.09. The highest BCUT2D eigenvalue weighted by Crippen LogP contribution is 2.15. The second kappa shape index (κ2) is 21.7. The third kappa shape index (κ3) is 19.2. The van der Waals surface area contributed by atoms with E-state index in [0.717, 1.165) is 6.42 Å². The second-order valence-corrected chi connectivity index (χ2v) is 8.46. The van der Waals surface area contributed by atoms with E-state index in [-0.39, 0.29) is 17.0 Å². The lowest BCUT2D eigenvalue weighted by molar-refractivity contribution is -0.910. The smallest absolute Gasteiger partial charge is 0.0785 e. The van der Waals surface area contributed by atoms with Crippen molar-refractivity contribution in [3.8, 4) is 0 Å². The van der Waals surface area contributed by atoms with E-state index in [0.29, 0.717) is 6.61 Å². The summed E-state index contributed by atoms with van der Waals surface area (Å²) in [7, 11) is 2.46. The first-order valence-electron chi connectivity index (χ1n) is 11.6.